The Hall–Kier alpha value is -0.900. The van der Waals surface area contributed by atoms with E-state index in [1.165, 1.54) is 7.11 Å². The Morgan fingerprint density at radius 1 is 1.23 bits per heavy atom. The minimum absolute atomic E-state index is 0.524. The number of aliphatic hydroxyl groups is 2. The second kappa shape index (κ2) is 4.37. The van der Waals surface area contributed by atoms with E-state index in [0.29, 0.717) is 5.56 Å². The van der Waals surface area contributed by atoms with Crippen LogP contribution in [0.2, 0.25) is 0 Å². The van der Waals surface area contributed by atoms with Gasteiger partial charge in [0, 0.05) is 12.7 Å². The molecule has 1 aromatic carbocycles. The van der Waals surface area contributed by atoms with Gasteiger partial charge in [0.2, 0.25) is 0 Å². The number of hydrogen-bond acceptors (Lipinski definition) is 3. The Balaban J connectivity index is 2.91. The quantitative estimate of drug-likeness (QED) is 0.694. The Kier molecular flexibility index (Phi) is 3.42. The van der Waals surface area contributed by atoms with Crippen LogP contribution in [0.1, 0.15) is 30.4 Å². The number of hydrogen-bond donors (Lipinski definition) is 2. The Bertz CT molecular complexity index is 271. The van der Waals surface area contributed by atoms with E-state index in [0.717, 1.165) is 5.56 Å². The first-order valence-corrected chi connectivity index (χ1v) is 4.14. The summed E-state index contributed by atoms with van der Waals surface area (Å²) in [4.78, 5) is 0. The molecule has 0 aromatic heterocycles. The lowest BCUT2D eigenvalue weighted by Gasteiger charge is -2.11. The normalized spacial score (nSPS) is 15.4. The molecule has 1 rings (SSSR count). The van der Waals surface area contributed by atoms with Crippen molar-refractivity contribution in [2.24, 2.45) is 0 Å². The van der Waals surface area contributed by atoms with E-state index in [-0.39, 0.29) is 0 Å². The smallest absolute Gasteiger partial charge is 0.180 e. The highest BCUT2D eigenvalue weighted by molar-refractivity contribution is 5.25. The second-order valence-corrected chi connectivity index (χ2v) is 2.93. The van der Waals surface area contributed by atoms with Gasteiger partial charge >= 0.3 is 0 Å². The predicted molar refractivity (Wildman–Crippen MR) is 49.0 cm³/mol. The van der Waals surface area contributed by atoms with Crippen molar-refractivity contribution < 1.29 is 14.9 Å². The molecule has 0 aliphatic carbocycles. The van der Waals surface area contributed by atoms with Crippen LogP contribution >= 0.6 is 0 Å². The van der Waals surface area contributed by atoms with E-state index < -0.39 is 12.4 Å². The van der Waals surface area contributed by atoms with Crippen LogP contribution in [-0.2, 0) is 4.74 Å². The van der Waals surface area contributed by atoms with Crippen molar-refractivity contribution in [3.05, 3.63) is 35.4 Å². The van der Waals surface area contributed by atoms with Gasteiger partial charge < -0.3 is 14.9 Å². The van der Waals surface area contributed by atoms with Crippen LogP contribution in [0, 0.1) is 0 Å². The number of rotatable bonds is 3. The lowest BCUT2D eigenvalue weighted by molar-refractivity contribution is -0.0770. The lowest BCUT2D eigenvalue weighted by atomic mass is 10.1. The maximum atomic E-state index is 9.33. The zero-order valence-corrected chi connectivity index (χ0v) is 7.77. The number of methoxy groups -OCH3 is 1. The first kappa shape index (κ1) is 10.2. The highest BCUT2D eigenvalue weighted by atomic mass is 16.6. The van der Waals surface area contributed by atoms with Gasteiger partial charge in [0.1, 0.15) is 0 Å². The van der Waals surface area contributed by atoms with E-state index in [2.05, 4.69) is 0 Å². The molecule has 0 bridgehead atoms. The van der Waals surface area contributed by atoms with Gasteiger partial charge in [-0.3, -0.25) is 0 Å². The molecular formula is C10H14O3. The fourth-order valence-electron chi connectivity index (χ4n) is 1.11. The second-order valence-electron chi connectivity index (χ2n) is 2.93. The SMILES string of the molecule is COC(O)c1cccc(C(C)O)c1. The van der Waals surface area contributed by atoms with Crippen LogP contribution in [0.25, 0.3) is 0 Å². The minimum atomic E-state index is -0.918. The van der Waals surface area contributed by atoms with E-state index in [9.17, 15) is 10.2 Å². The summed E-state index contributed by atoms with van der Waals surface area (Å²) in [6, 6.07) is 7.05. The first-order valence-electron chi connectivity index (χ1n) is 4.14. The summed E-state index contributed by atoms with van der Waals surface area (Å²) in [7, 11) is 1.43. The molecule has 0 heterocycles. The van der Waals surface area contributed by atoms with Crippen molar-refractivity contribution in [2.45, 2.75) is 19.3 Å². The summed E-state index contributed by atoms with van der Waals surface area (Å²) in [5.41, 5.74) is 1.43. The molecule has 0 fully saturated rings. The third-order valence-electron chi connectivity index (χ3n) is 1.90. The maximum Gasteiger partial charge on any atom is 0.180 e. The summed E-state index contributed by atoms with van der Waals surface area (Å²) >= 11 is 0. The molecule has 2 N–H and O–H groups in total. The fraction of sp³-hybridized carbons (Fsp3) is 0.400. The van der Waals surface area contributed by atoms with Gasteiger partial charge in [-0.2, -0.15) is 0 Å². The average Bonchev–Trinajstić information content (AvgIpc) is 2.17. The summed E-state index contributed by atoms with van der Waals surface area (Å²) < 4.78 is 4.74. The summed E-state index contributed by atoms with van der Waals surface area (Å²) in [6.45, 7) is 1.68. The molecular weight excluding hydrogens is 168 g/mol. The van der Waals surface area contributed by atoms with Crippen molar-refractivity contribution in [1.29, 1.82) is 0 Å². The molecule has 3 nitrogen and oxygen atoms in total. The van der Waals surface area contributed by atoms with E-state index >= 15 is 0 Å². The van der Waals surface area contributed by atoms with Gasteiger partial charge in [0.25, 0.3) is 0 Å². The molecule has 0 spiro atoms. The monoisotopic (exact) mass is 182 g/mol. The molecule has 13 heavy (non-hydrogen) atoms. The summed E-state index contributed by atoms with van der Waals surface area (Å²) in [6.07, 6.45) is -1.44. The van der Waals surface area contributed by atoms with Crippen LogP contribution in [0.3, 0.4) is 0 Å². The Morgan fingerprint density at radius 3 is 2.38 bits per heavy atom. The van der Waals surface area contributed by atoms with Crippen molar-refractivity contribution in [2.75, 3.05) is 7.11 Å². The molecule has 3 heteroatoms. The third-order valence-corrected chi connectivity index (χ3v) is 1.90. The first-order chi connectivity index (χ1) is 6.15. The maximum absolute atomic E-state index is 9.33. The van der Waals surface area contributed by atoms with Crippen molar-refractivity contribution >= 4 is 0 Å². The summed E-state index contributed by atoms with van der Waals surface area (Å²) in [5, 5.41) is 18.6. The minimum Gasteiger partial charge on any atom is -0.389 e. The van der Waals surface area contributed by atoms with Crippen LogP contribution in [0.4, 0.5) is 0 Å². The van der Waals surface area contributed by atoms with Crippen molar-refractivity contribution in [1.82, 2.24) is 0 Å². The van der Waals surface area contributed by atoms with Crippen LogP contribution in [0.15, 0.2) is 24.3 Å². The topological polar surface area (TPSA) is 49.7 Å². The third kappa shape index (κ3) is 2.52. The van der Waals surface area contributed by atoms with Gasteiger partial charge in [0.15, 0.2) is 6.29 Å². The summed E-state index contributed by atoms with van der Waals surface area (Å²) in [5.74, 6) is 0. The number of aliphatic hydroxyl groups excluding tert-OH is 2. The fourth-order valence-corrected chi connectivity index (χ4v) is 1.11. The zero-order chi connectivity index (χ0) is 9.84. The Labute approximate surface area is 77.6 Å². The van der Waals surface area contributed by atoms with Crippen molar-refractivity contribution in [3.63, 3.8) is 0 Å². The van der Waals surface area contributed by atoms with Gasteiger partial charge in [-0.15, -0.1) is 0 Å². The largest absolute Gasteiger partial charge is 0.389 e. The highest BCUT2D eigenvalue weighted by Gasteiger charge is 2.07. The molecule has 0 saturated heterocycles. The van der Waals surface area contributed by atoms with Crippen molar-refractivity contribution in [3.8, 4) is 0 Å². The molecule has 0 amide bonds. The molecule has 2 unspecified atom stereocenters. The molecule has 2 atom stereocenters. The predicted octanol–water partition coefficient (Wildman–Crippen LogP) is 1.38. The number of benzene rings is 1. The van der Waals surface area contributed by atoms with E-state index in [4.69, 9.17) is 4.74 Å². The van der Waals surface area contributed by atoms with Gasteiger partial charge in [-0.25, -0.2) is 0 Å². The van der Waals surface area contributed by atoms with Crippen LogP contribution in [0.5, 0.6) is 0 Å². The van der Waals surface area contributed by atoms with Gasteiger partial charge in [0.05, 0.1) is 6.10 Å². The van der Waals surface area contributed by atoms with E-state index in [1.807, 2.05) is 0 Å². The molecule has 0 aliphatic heterocycles. The van der Waals surface area contributed by atoms with Gasteiger partial charge in [-0.05, 0) is 18.6 Å². The molecule has 1 aromatic rings. The molecule has 0 saturated carbocycles. The molecule has 72 valence electrons. The molecule has 0 radical (unpaired) electrons. The van der Waals surface area contributed by atoms with Crippen LogP contribution in [-0.4, -0.2) is 17.3 Å². The molecule has 0 aliphatic rings. The average molecular weight is 182 g/mol. The Morgan fingerprint density at radius 2 is 1.85 bits per heavy atom. The van der Waals surface area contributed by atoms with Crippen LogP contribution < -0.4 is 0 Å². The van der Waals surface area contributed by atoms with E-state index in [1.54, 1.807) is 31.2 Å². The number of ether oxygens (including phenoxy) is 1. The lowest BCUT2D eigenvalue weighted by Crippen LogP contribution is -2.01. The zero-order valence-electron chi connectivity index (χ0n) is 7.77. The highest BCUT2D eigenvalue weighted by Crippen LogP contribution is 2.18. The standard InChI is InChI=1S/C10H14O3/c1-7(11)8-4-3-5-9(6-8)10(12)13-2/h3-7,10-12H,1-2H3. The van der Waals surface area contributed by atoms with Gasteiger partial charge in [-0.1, -0.05) is 18.2 Å².